The van der Waals surface area contributed by atoms with E-state index in [4.69, 9.17) is 51.1 Å². The van der Waals surface area contributed by atoms with E-state index in [0.717, 1.165) is 33.6 Å². The van der Waals surface area contributed by atoms with E-state index in [1.807, 2.05) is 60.7 Å². The Labute approximate surface area is 191 Å². The minimum absolute atomic E-state index is 0.452. The van der Waals surface area contributed by atoms with Gasteiger partial charge in [0.1, 0.15) is 12.4 Å². The number of benzene rings is 3. The van der Waals surface area contributed by atoms with Crippen molar-refractivity contribution in [3.05, 3.63) is 99.5 Å². The average molecular weight is 466 g/mol. The Hall–Kier alpha value is -1.64. The molecule has 3 aromatic rings. The highest BCUT2D eigenvalue weighted by Gasteiger charge is 2.14. The van der Waals surface area contributed by atoms with Gasteiger partial charge in [-0.3, -0.25) is 0 Å². The van der Waals surface area contributed by atoms with Crippen LogP contribution in [0.2, 0.25) is 10.0 Å². The van der Waals surface area contributed by atoms with Gasteiger partial charge >= 0.3 is 0 Å². The summed E-state index contributed by atoms with van der Waals surface area (Å²) in [6.45, 7) is 0.475. The van der Waals surface area contributed by atoms with Crippen LogP contribution in [0.4, 0.5) is 0 Å². The number of alkyl halides is 2. The highest BCUT2D eigenvalue weighted by Crippen LogP contribution is 2.36. The van der Waals surface area contributed by atoms with Gasteiger partial charge in [0, 0.05) is 15.9 Å². The molecule has 0 atom stereocenters. The van der Waals surface area contributed by atoms with E-state index >= 15 is 0 Å². The van der Waals surface area contributed by atoms with Gasteiger partial charge in [-0.05, 0) is 70.7 Å². The quantitative estimate of drug-likeness (QED) is 0.240. The zero-order valence-corrected chi connectivity index (χ0v) is 18.7. The highest BCUT2D eigenvalue weighted by atomic mass is 35.5. The van der Waals surface area contributed by atoms with Gasteiger partial charge in [0.25, 0.3) is 0 Å². The SMILES string of the molecule is ClCCOc1ccc(/C(=C(\CCCl)c2ccc(Cl)cc2)c2ccc(Cl)cc2)cc1. The second kappa shape index (κ2) is 10.9. The van der Waals surface area contributed by atoms with Crippen molar-refractivity contribution in [1.82, 2.24) is 0 Å². The third kappa shape index (κ3) is 5.93. The van der Waals surface area contributed by atoms with Crippen LogP contribution in [0.15, 0.2) is 72.8 Å². The molecule has 0 aliphatic rings. The lowest BCUT2D eigenvalue weighted by Crippen LogP contribution is -1.99. The highest BCUT2D eigenvalue weighted by molar-refractivity contribution is 6.31. The molecule has 0 fully saturated rings. The zero-order valence-electron chi connectivity index (χ0n) is 15.7. The van der Waals surface area contributed by atoms with Crippen LogP contribution in [0, 0.1) is 0 Å². The fraction of sp³-hybridized carbons (Fsp3) is 0.167. The molecule has 0 heterocycles. The summed E-state index contributed by atoms with van der Waals surface area (Å²) in [6, 6.07) is 23.7. The Balaban J connectivity index is 2.16. The van der Waals surface area contributed by atoms with Crippen LogP contribution in [0.25, 0.3) is 11.1 Å². The van der Waals surface area contributed by atoms with Gasteiger partial charge in [0.15, 0.2) is 0 Å². The van der Waals surface area contributed by atoms with Crippen LogP contribution in [0.3, 0.4) is 0 Å². The summed E-state index contributed by atoms with van der Waals surface area (Å²) in [7, 11) is 0. The topological polar surface area (TPSA) is 9.23 Å². The first-order valence-corrected chi connectivity index (χ1v) is 11.0. The predicted molar refractivity (Wildman–Crippen MR) is 127 cm³/mol. The molecule has 0 N–H and O–H groups in total. The molecule has 3 rings (SSSR count). The van der Waals surface area contributed by atoms with Gasteiger partial charge in [-0.2, -0.15) is 0 Å². The summed E-state index contributed by atoms with van der Waals surface area (Å²) in [5.41, 5.74) is 5.48. The smallest absolute Gasteiger partial charge is 0.119 e. The summed E-state index contributed by atoms with van der Waals surface area (Å²) in [6.07, 6.45) is 0.714. The van der Waals surface area contributed by atoms with Gasteiger partial charge < -0.3 is 4.74 Å². The number of hydrogen-bond acceptors (Lipinski definition) is 1. The fourth-order valence-electron chi connectivity index (χ4n) is 3.17. The van der Waals surface area contributed by atoms with Crippen molar-refractivity contribution in [2.24, 2.45) is 0 Å². The summed E-state index contributed by atoms with van der Waals surface area (Å²) in [5.74, 6) is 1.75. The van der Waals surface area contributed by atoms with E-state index < -0.39 is 0 Å². The van der Waals surface area contributed by atoms with Gasteiger partial charge in [0.2, 0.25) is 0 Å². The molecular weight excluding hydrogens is 446 g/mol. The maximum absolute atomic E-state index is 6.19. The number of rotatable bonds is 8. The molecule has 1 nitrogen and oxygen atoms in total. The van der Waals surface area contributed by atoms with Gasteiger partial charge in [-0.1, -0.05) is 59.6 Å². The molecule has 0 amide bonds. The standard InChI is InChI=1S/C24H20Cl4O/c25-14-13-23(17-1-7-20(27)8-2-17)24(18-3-9-21(28)10-4-18)19-5-11-22(12-6-19)29-16-15-26/h1-12H,13-16H2/b24-23+. The lowest BCUT2D eigenvalue weighted by Gasteiger charge is -2.17. The second-order valence-electron chi connectivity index (χ2n) is 6.37. The molecule has 29 heavy (non-hydrogen) atoms. The van der Waals surface area contributed by atoms with Gasteiger partial charge in [-0.15, -0.1) is 23.2 Å². The normalized spacial score (nSPS) is 11.9. The third-order valence-electron chi connectivity index (χ3n) is 4.46. The van der Waals surface area contributed by atoms with Crippen molar-refractivity contribution in [3.8, 4) is 5.75 Å². The van der Waals surface area contributed by atoms with Crippen LogP contribution < -0.4 is 4.74 Å². The fourth-order valence-corrected chi connectivity index (χ4v) is 3.68. The molecule has 5 heteroatoms. The maximum atomic E-state index is 6.19. The molecule has 0 aliphatic carbocycles. The van der Waals surface area contributed by atoms with E-state index in [-0.39, 0.29) is 0 Å². The number of hydrogen-bond donors (Lipinski definition) is 0. The number of halogens is 4. The lowest BCUT2D eigenvalue weighted by atomic mass is 9.88. The number of allylic oxidation sites excluding steroid dienone is 1. The summed E-state index contributed by atoms with van der Waals surface area (Å²) >= 11 is 24.1. The molecule has 0 bridgehead atoms. The van der Waals surface area contributed by atoms with Crippen molar-refractivity contribution < 1.29 is 4.74 Å². The van der Waals surface area contributed by atoms with E-state index in [9.17, 15) is 0 Å². The molecule has 0 spiro atoms. The Morgan fingerprint density at radius 1 is 0.621 bits per heavy atom. The largest absolute Gasteiger partial charge is 0.492 e. The Bertz CT molecular complexity index is 946. The van der Waals surface area contributed by atoms with Crippen molar-refractivity contribution >= 4 is 57.5 Å². The summed E-state index contributed by atoms with van der Waals surface area (Å²) in [5, 5.41) is 1.40. The molecule has 0 aromatic heterocycles. The Kier molecular flexibility index (Phi) is 8.32. The van der Waals surface area contributed by atoms with Crippen molar-refractivity contribution in [1.29, 1.82) is 0 Å². The average Bonchev–Trinajstić information content (AvgIpc) is 2.74. The molecular formula is C24H20Cl4O. The monoisotopic (exact) mass is 464 g/mol. The molecule has 0 aliphatic heterocycles. The maximum Gasteiger partial charge on any atom is 0.119 e. The molecule has 0 saturated carbocycles. The first kappa shape index (κ1) is 22.1. The molecule has 3 aromatic carbocycles. The molecule has 150 valence electrons. The summed E-state index contributed by atoms with van der Waals surface area (Å²) in [4.78, 5) is 0. The van der Waals surface area contributed by atoms with E-state index in [0.29, 0.717) is 34.8 Å². The van der Waals surface area contributed by atoms with Gasteiger partial charge in [0.05, 0.1) is 5.88 Å². The minimum Gasteiger partial charge on any atom is -0.492 e. The zero-order chi connectivity index (χ0) is 20.6. The van der Waals surface area contributed by atoms with E-state index in [1.165, 1.54) is 0 Å². The predicted octanol–water partition coefficient (Wildman–Crippen LogP) is 8.20. The molecule has 0 unspecified atom stereocenters. The van der Waals surface area contributed by atoms with E-state index in [2.05, 4.69) is 12.1 Å². The minimum atomic E-state index is 0.452. The first-order valence-electron chi connectivity index (χ1n) is 9.22. The van der Waals surface area contributed by atoms with Crippen LogP contribution in [-0.2, 0) is 0 Å². The Morgan fingerprint density at radius 3 is 1.59 bits per heavy atom. The Morgan fingerprint density at radius 2 is 1.10 bits per heavy atom. The molecule has 0 saturated heterocycles. The van der Waals surface area contributed by atoms with Crippen LogP contribution >= 0.6 is 46.4 Å². The van der Waals surface area contributed by atoms with Crippen molar-refractivity contribution in [2.75, 3.05) is 18.4 Å². The van der Waals surface area contributed by atoms with Gasteiger partial charge in [-0.25, -0.2) is 0 Å². The van der Waals surface area contributed by atoms with Crippen molar-refractivity contribution in [3.63, 3.8) is 0 Å². The first-order chi connectivity index (χ1) is 14.1. The van der Waals surface area contributed by atoms with Crippen molar-refractivity contribution in [2.45, 2.75) is 6.42 Å². The lowest BCUT2D eigenvalue weighted by molar-refractivity contribution is 0.343. The van der Waals surface area contributed by atoms with Crippen LogP contribution in [0.1, 0.15) is 23.1 Å². The van der Waals surface area contributed by atoms with Crippen LogP contribution in [0.5, 0.6) is 5.75 Å². The third-order valence-corrected chi connectivity index (χ3v) is 5.31. The molecule has 0 radical (unpaired) electrons. The second-order valence-corrected chi connectivity index (χ2v) is 8.00. The number of ether oxygens (including phenoxy) is 1. The van der Waals surface area contributed by atoms with Crippen LogP contribution in [-0.4, -0.2) is 18.4 Å². The van der Waals surface area contributed by atoms with E-state index in [1.54, 1.807) is 0 Å². The summed E-state index contributed by atoms with van der Waals surface area (Å²) < 4.78 is 5.62.